The number of aromatic nitrogens is 9. The predicted molar refractivity (Wildman–Crippen MR) is 296 cm³/mol. The van der Waals surface area contributed by atoms with Gasteiger partial charge in [0.15, 0.2) is 23.3 Å². The Labute approximate surface area is 508 Å². The van der Waals surface area contributed by atoms with E-state index in [1.165, 1.54) is 54.6 Å². The van der Waals surface area contributed by atoms with E-state index in [0.717, 1.165) is 16.9 Å². The van der Waals surface area contributed by atoms with E-state index in [4.69, 9.17) is 113 Å². The van der Waals surface area contributed by atoms with Gasteiger partial charge in [0.1, 0.15) is 46.0 Å². The number of hydrogen-bond acceptors (Lipinski definition) is 18. The summed E-state index contributed by atoms with van der Waals surface area (Å²) >= 11 is 25.6. The Morgan fingerprint density at radius 3 is 1.06 bits per heavy atom. The Morgan fingerprint density at radius 1 is 0.442 bits per heavy atom. The third kappa shape index (κ3) is 24.6. The summed E-state index contributed by atoms with van der Waals surface area (Å²) in [6.07, 6.45) is 0. The maximum absolute atomic E-state index is 10.3. The van der Waals surface area contributed by atoms with Crippen LogP contribution in [0.4, 0.5) is 0 Å². The number of nitrogens with zero attached hydrogens (tertiary/aromatic N) is 9. The molecule has 0 fully saturated rings. The van der Waals surface area contributed by atoms with E-state index < -0.39 is 11.4 Å². The van der Waals surface area contributed by atoms with Gasteiger partial charge in [0, 0.05) is 35.9 Å². The number of phenols is 6. The van der Waals surface area contributed by atoms with Gasteiger partial charge in [-0.1, -0.05) is 6.07 Å². The van der Waals surface area contributed by atoms with E-state index in [1.54, 1.807) is 68.8 Å². The Balaban J connectivity index is 0.000000360. The molecule has 0 spiro atoms. The fourth-order valence-electron chi connectivity index (χ4n) is 5.42. The minimum absolute atomic E-state index is 0. The molecule has 0 bridgehead atoms. The zero-order valence-electron chi connectivity index (χ0n) is 39.6. The van der Waals surface area contributed by atoms with Crippen LogP contribution in [0.3, 0.4) is 0 Å². The molecule has 9 aromatic rings. The second-order valence-corrected chi connectivity index (χ2v) is 22.0. The van der Waals surface area contributed by atoms with E-state index in [2.05, 4.69) is 50.9 Å². The van der Waals surface area contributed by atoms with Crippen molar-refractivity contribution in [3.63, 3.8) is 0 Å². The second kappa shape index (κ2) is 35.3. The molecule has 7 N–H and O–H groups in total. The molecule has 77 heavy (non-hydrogen) atoms. The first-order chi connectivity index (χ1) is 35.8. The van der Waals surface area contributed by atoms with Crippen molar-refractivity contribution in [2.24, 2.45) is 0 Å². The van der Waals surface area contributed by atoms with Crippen molar-refractivity contribution in [3.8, 4) is 91.5 Å². The number of aliphatic hydroxyl groups excluding tert-OH is 1. The summed E-state index contributed by atoms with van der Waals surface area (Å²) in [5.74, 6) is 2.03. The van der Waals surface area contributed by atoms with Crippen LogP contribution in [0.15, 0.2) is 133 Å². The minimum Gasteiger partial charge on any atom is -1.00 e. The molecule has 0 aliphatic carbocycles. The number of aromatic hydroxyl groups is 6. The zero-order chi connectivity index (χ0) is 55.0. The molecule has 0 radical (unpaired) electrons. The van der Waals surface area contributed by atoms with E-state index in [-0.39, 0.29) is 130 Å². The number of benzene rings is 6. The summed E-state index contributed by atoms with van der Waals surface area (Å²) < 4.78 is 10.2. The first-order valence-electron chi connectivity index (χ1n) is 20.6. The summed E-state index contributed by atoms with van der Waals surface area (Å²) in [7, 11) is 18.0. The van der Waals surface area contributed by atoms with Crippen molar-refractivity contribution < 1.29 is 62.2 Å². The molecule has 18 nitrogen and oxygen atoms in total. The number of ether oxygens (including phenoxy) is 2. The standard InChI is InChI=1S/C22H17N3O5.C10H7Cl2N3O.C7H7O.C6H6O2.C3Cl3N3.Al.BrH.3ClH.Mg/c1-30-15-6-2-12(3-7-15)20-23-21(16-8-4-13(26)10-18(16)28)25-22(24-20)17-9-5-14(27)11-19(17)29;1-16-7-4-2-6(3-5-7)8-13-9(11)15-10(12)14-8;8-6-7-4-2-1-3-5-7;7-5-2-1-3-6(8)4-5;4-1-7-2(5)9-3(6)8-1;;;;;;/h2-11,26-29H,1H3;2-5H,1H3;2-5,8H,6H2;1-4,7-8H;;;4*1H;/q;;-1;;;+3;;;;;+2/p-4. The van der Waals surface area contributed by atoms with Gasteiger partial charge in [-0.05, 0) is 143 Å². The van der Waals surface area contributed by atoms with Gasteiger partial charge in [-0.3, -0.25) is 0 Å². The molecule has 3 aromatic heterocycles. The van der Waals surface area contributed by atoms with Gasteiger partial charge in [-0.2, -0.15) is 60.2 Å². The average molecular weight is 1300 g/mol. The van der Waals surface area contributed by atoms with Gasteiger partial charge in [0.25, 0.3) is 0 Å². The maximum atomic E-state index is 10.3. The van der Waals surface area contributed by atoms with Crippen molar-refractivity contribution in [1.29, 1.82) is 0 Å². The molecule has 396 valence electrons. The van der Waals surface area contributed by atoms with Gasteiger partial charge in [-0.15, -0.1) is 5.56 Å². The molecule has 6 aromatic carbocycles. The summed E-state index contributed by atoms with van der Waals surface area (Å²) in [6.45, 7) is 0.120. The molecule has 0 aliphatic rings. The fraction of sp³-hybridized carbons (Fsp3) is 0.0625. The number of phenolic OH excluding ortho intramolecular Hbond substituents is 6. The van der Waals surface area contributed by atoms with Crippen LogP contribution >= 0.6 is 88.2 Å². The number of rotatable bonds is 7. The molecular weight excluding hydrogens is 1260 g/mol. The fourth-order valence-corrected chi connectivity index (χ4v) is 6.40. The minimum atomic E-state index is -1.72. The molecule has 9 rings (SSSR count). The van der Waals surface area contributed by atoms with Crippen molar-refractivity contribution in [1.82, 2.24) is 44.9 Å². The number of methoxy groups -OCH3 is 2. The normalized spacial score (nSPS) is 9.65. The van der Waals surface area contributed by atoms with Gasteiger partial charge >= 0.3 is 34.4 Å². The number of halogens is 9. The van der Waals surface area contributed by atoms with Crippen LogP contribution in [0, 0.1) is 6.07 Å². The first-order valence-corrected chi connectivity index (χ1v) is 27.7. The van der Waals surface area contributed by atoms with Crippen molar-refractivity contribution in [3.05, 3.63) is 172 Å². The van der Waals surface area contributed by atoms with Crippen LogP contribution in [0.5, 0.6) is 46.0 Å². The van der Waals surface area contributed by atoms with E-state index in [9.17, 15) is 20.4 Å². The molecule has 0 saturated carbocycles. The van der Waals surface area contributed by atoms with Crippen LogP contribution in [0.1, 0.15) is 5.56 Å². The Morgan fingerprint density at radius 2 is 0.766 bits per heavy atom. The quantitative estimate of drug-likeness (QED) is 0.0580. The molecular formula is C48H37AlBrCl8MgN9O9. The van der Waals surface area contributed by atoms with Crippen molar-refractivity contribution >= 4 is 123 Å². The smallest absolute Gasteiger partial charge is 1.00 e. The third-order valence-electron chi connectivity index (χ3n) is 8.71. The van der Waals surface area contributed by atoms with Gasteiger partial charge in [-0.25, -0.2) is 45.1 Å². The van der Waals surface area contributed by atoms with Crippen LogP contribution in [0.2, 0.25) is 26.4 Å². The molecule has 0 atom stereocenters. The zero-order valence-corrected chi connectivity index (χ0v) is 49.8. The summed E-state index contributed by atoms with van der Waals surface area (Å²) in [6, 6.07) is 38.4. The Kier molecular flexibility index (Phi) is 31.2. The largest absolute Gasteiger partial charge is 2.00 e. The van der Waals surface area contributed by atoms with E-state index in [0.29, 0.717) is 23.0 Å². The summed E-state index contributed by atoms with van der Waals surface area (Å²) in [4.78, 5) is 35.3. The molecule has 0 amide bonds. The predicted octanol–water partition coefficient (Wildman–Crippen LogP) is 8.78. The first kappa shape index (κ1) is 67.9. The topological polar surface area (TPSA) is 276 Å². The molecule has 3 heterocycles. The monoisotopic (exact) mass is 1290 g/mol. The molecule has 29 heteroatoms. The van der Waals surface area contributed by atoms with E-state index in [1.807, 2.05) is 24.3 Å². The number of hydrogen-bond donors (Lipinski definition) is 7. The molecule has 0 saturated heterocycles. The Hall–Kier alpha value is -5.19. The van der Waals surface area contributed by atoms with Crippen molar-refractivity contribution in [2.75, 3.05) is 14.2 Å². The molecule has 0 aliphatic heterocycles. The SMILES string of the molecule is COc1ccc(-c2nc(-c3ccc(O)cc3O)nc(-c3ccc(O)cc3O)n2)cc1.COc1ccc(-c2nc(Cl)nc(Cl)n2)cc1.Clc1nc(Cl)nc(Cl)n1.OCc1cc[c-]cc1.Oc1cccc(O)c1.[Br-].[Cl][Al]([Cl])[Cl].[Mg+2]. The second-order valence-electron chi connectivity index (χ2n) is 13.8. The van der Waals surface area contributed by atoms with Crippen molar-refractivity contribution in [2.45, 2.75) is 6.61 Å². The van der Waals surface area contributed by atoms with E-state index >= 15 is 0 Å². The molecule has 0 unspecified atom stereocenters. The third-order valence-corrected chi connectivity index (χ3v) is 9.56. The van der Waals surface area contributed by atoms with Crippen LogP contribution in [-0.4, -0.2) is 129 Å². The van der Waals surface area contributed by atoms with Crippen LogP contribution in [0.25, 0.3) is 45.6 Å². The Bertz CT molecular complexity index is 3080. The van der Waals surface area contributed by atoms with Crippen LogP contribution in [-0.2, 0) is 6.61 Å². The summed E-state index contributed by atoms with van der Waals surface area (Å²) in [5.41, 5.74) is 2.96. The maximum Gasteiger partial charge on any atom is 2.00 e. The van der Waals surface area contributed by atoms with Gasteiger partial charge < -0.3 is 62.2 Å². The van der Waals surface area contributed by atoms with Gasteiger partial charge in [0.05, 0.1) is 25.3 Å². The van der Waals surface area contributed by atoms with Gasteiger partial charge in [0.2, 0.25) is 26.4 Å². The summed E-state index contributed by atoms with van der Waals surface area (Å²) in [5, 5.41) is 65.7. The number of aliphatic hydroxyl groups is 1. The van der Waals surface area contributed by atoms with Crippen LogP contribution < -0.4 is 26.5 Å². The average Bonchev–Trinajstić information content (AvgIpc) is 3.36.